The number of anilines is 1. The van der Waals surface area contributed by atoms with Gasteiger partial charge >= 0.3 is 5.69 Å². The second kappa shape index (κ2) is 3.21. The summed E-state index contributed by atoms with van der Waals surface area (Å²) in [6.07, 6.45) is 0. The molecule has 0 fully saturated rings. The van der Waals surface area contributed by atoms with Crippen molar-refractivity contribution in [1.29, 1.82) is 0 Å². The molecule has 0 radical (unpaired) electrons. The molecule has 0 amide bonds. The molecular formula is C6H4FIN2O2. The van der Waals surface area contributed by atoms with Gasteiger partial charge in [-0.15, -0.1) is 0 Å². The van der Waals surface area contributed by atoms with Crippen LogP contribution in [0, 0.1) is 19.5 Å². The van der Waals surface area contributed by atoms with Crippen LogP contribution in [0.15, 0.2) is 12.1 Å². The number of rotatable bonds is 1. The van der Waals surface area contributed by atoms with Gasteiger partial charge in [0, 0.05) is 21.4 Å². The predicted molar refractivity (Wildman–Crippen MR) is 50.2 cm³/mol. The molecular weight excluding hydrogens is 278 g/mol. The molecule has 0 aliphatic rings. The van der Waals surface area contributed by atoms with Crippen molar-refractivity contribution >= 4 is 34.0 Å². The van der Waals surface area contributed by atoms with Crippen molar-refractivity contribution in [2.45, 2.75) is 0 Å². The standard InChI is InChI=1S/C6H4FIN2O2/c7-3-1-5(9)4(8)2-6(3)10(11)12/h1-2H,9H2. The number of halogens is 2. The van der Waals surface area contributed by atoms with Crippen LogP contribution in [0.5, 0.6) is 0 Å². The zero-order valence-electron chi connectivity index (χ0n) is 5.75. The molecule has 0 aliphatic heterocycles. The van der Waals surface area contributed by atoms with Crippen molar-refractivity contribution in [2.24, 2.45) is 0 Å². The molecule has 0 spiro atoms. The van der Waals surface area contributed by atoms with Gasteiger partial charge in [-0.2, -0.15) is 4.39 Å². The van der Waals surface area contributed by atoms with E-state index in [9.17, 15) is 14.5 Å². The number of nitro benzene ring substituents is 1. The lowest BCUT2D eigenvalue weighted by molar-refractivity contribution is -0.387. The Hall–Kier alpha value is -0.920. The van der Waals surface area contributed by atoms with Crippen LogP contribution in [0.3, 0.4) is 0 Å². The summed E-state index contributed by atoms with van der Waals surface area (Å²) in [5, 5.41) is 10.2. The first-order valence-corrected chi connectivity index (χ1v) is 3.99. The number of nitrogen functional groups attached to an aromatic ring is 1. The molecule has 0 aromatic heterocycles. The highest BCUT2D eigenvalue weighted by molar-refractivity contribution is 14.1. The fourth-order valence-electron chi connectivity index (χ4n) is 0.692. The Morgan fingerprint density at radius 2 is 2.17 bits per heavy atom. The SMILES string of the molecule is Nc1cc(F)c([N+](=O)[O-])cc1I. The van der Waals surface area contributed by atoms with Crippen molar-refractivity contribution in [2.75, 3.05) is 5.73 Å². The second-order valence-electron chi connectivity index (χ2n) is 2.08. The minimum Gasteiger partial charge on any atom is -0.398 e. The summed E-state index contributed by atoms with van der Waals surface area (Å²) in [5.74, 6) is -0.905. The van der Waals surface area contributed by atoms with Gasteiger partial charge in [-0.25, -0.2) is 0 Å². The lowest BCUT2D eigenvalue weighted by Crippen LogP contribution is -1.97. The van der Waals surface area contributed by atoms with Crippen LogP contribution >= 0.6 is 22.6 Å². The van der Waals surface area contributed by atoms with Gasteiger partial charge in [0.2, 0.25) is 5.82 Å². The molecule has 2 N–H and O–H groups in total. The van der Waals surface area contributed by atoms with Gasteiger partial charge in [0.1, 0.15) is 0 Å². The van der Waals surface area contributed by atoms with E-state index < -0.39 is 16.4 Å². The molecule has 0 heterocycles. The third-order valence-corrected chi connectivity index (χ3v) is 2.20. The van der Waals surface area contributed by atoms with E-state index >= 15 is 0 Å². The molecule has 12 heavy (non-hydrogen) atoms. The molecule has 4 nitrogen and oxygen atoms in total. The van der Waals surface area contributed by atoms with Crippen LogP contribution in [0.25, 0.3) is 0 Å². The van der Waals surface area contributed by atoms with E-state index in [-0.39, 0.29) is 5.69 Å². The summed E-state index contributed by atoms with van der Waals surface area (Å²) in [4.78, 5) is 9.43. The Bertz CT molecular complexity index is 343. The largest absolute Gasteiger partial charge is 0.398 e. The first-order valence-electron chi connectivity index (χ1n) is 2.91. The summed E-state index contributed by atoms with van der Waals surface area (Å²) in [7, 11) is 0. The molecule has 1 aromatic carbocycles. The number of nitro groups is 1. The molecule has 0 atom stereocenters. The van der Waals surface area contributed by atoms with Gasteiger partial charge in [0.15, 0.2) is 0 Å². The lowest BCUT2D eigenvalue weighted by Gasteiger charge is -1.98. The van der Waals surface area contributed by atoms with E-state index in [2.05, 4.69) is 0 Å². The van der Waals surface area contributed by atoms with Crippen molar-refractivity contribution in [3.63, 3.8) is 0 Å². The van der Waals surface area contributed by atoms with Gasteiger partial charge in [-0.3, -0.25) is 10.1 Å². The zero-order valence-corrected chi connectivity index (χ0v) is 7.91. The minimum absolute atomic E-state index is 0.207. The van der Waals surface area contributed by atoms with Crippen LogP contribution in [-0.2, 0) is 0 Å². The summed E-state index contributed by atoms with van der Waals surface area (Å²) in [5.41, 5.74) is 4.98. The summed E-state index contributed by atoms with van der Waals surface area (Å²) in [6, 6.07) is 2.05. The van der Waals surface area contributed by atoms with Gasteiger partial charge in [-0.1, -0.05) is 0 Å². The average Bonchev–Trinajstić information content (AvgIpc) is 1.96. The van der Waals surface area contributed by atoms with E-state index in [1.807, 2.05) is 0 Å². The molecule has 0 saturated heterocycles. The number of benzene rings is 1. The van der Waals surface area contributed by atoms with Gasteiger partial charge in [0.05, 0.1) is 4.92 Å². The molecule has 0 aliphatic carbocycles. The summed E-state index contributed by atoms with van der Waals surface area (Å²) < 4.78 is 13.2. The Morgan fingerprint density at radius 1 is 1.58 bits per heavy atom. The van der Waals surface area contributed by atoms with Gasteiger partial charge in [-0.05, 0) is 22.6 Å². The third kappa shape index (κ3) is 1.63. The van der Waals surface area contributed by atoms with Gasteiger partial charge < -0.3 is 5.73 Å². The maximum atomic E-state index is 12.8. The number of hydrogen-bond acceptors (Lipinski definition) is 3. The van der Waals surface area contributed by atoms with E-state index in [1.165, 1.54) is 0 Å². The maximum absolute atomic E-state index is 12.8. The fourth-order valence-corrected chi connectivity index (χ4v) is 1.14. The van der Waals surface area contributed by atoms with Crippen molar-refractivity contribution in [3.05, 3.63) is 31.6 Å². The highest BCUT2D eigenvalue weighted by Crippen LogP contribution is 2.24. The van der Waals surface area contributed by atoms with Crippen LogP contribution in [-0.4, -0.2) is 4.92 Å². The van der Waals surface area contributed by atoms with Crippen LogP contribution in [0.1, 0.15) is 0 Å². The molecule has 1 aromatic rings. The zero-order chi connectivity index (χ0) is 9.30. The Morgan fingerprint density at radius 3 is 2.67 bits per heavy atom. The molecule has 6 heteroatoms. The van der Waals surface area contributed by atoms with E-state index in [0.29, 0.717) is 3.57 Å². The lowest BCUT2D eigenvalue weighted by atomic mass is 10.3. The highest BCUT2D eigenvalue weighted by atomic mass is 127. The number of nitrogens with two attached hydrogens (primary N) is 1. The molecule has 0 saturated carbocycles. The molecule has 1 rings (SSSR count). The normalized spacial score (nSPS) is 9.83. The number of nitrogens with zero attached hydrogens (tertiary/aromatic N) is 1. The average molecular weight is 282 g/mol. The van der Waals surface area contributed by atoms with Crippen LogP contribution in [0.4, 0.5) is 15.8 Å². The first-order chi connectivity index (χ1) is 5.52. The molecule has 64 valence electrons. The Balaban J connectivity index is 3.33. The quantitative estimate of drug-likeness (QED) is 0.370. The monoisotopic (exact) mass is 282 g/mol. The maximum Gasteiger partial charge on any atom is 0.305 e. The van der Waals surface area contributed by atoms with E-state index in [0.717, 1.165) is 12.1 Å². The van der Waals surface area contributed by atoms with Crippen LogP contribution < -0.4 is 5.73 Å². The van der Waals surface area contributed by atoms with Crippen molar-refractivity contribution in [3.8, 4) is 0 Å². The Kier molecular flexibility index (Phi) is 2.46. The molecule has 0 unspecified atom stereocenters. The number of hydrogen-bond donors (Lipinski definition) is 1. The summed E-state index contributed by atoms with van der Waals surface area (Å²) >= 11 is 1.80. The predicted octanol–water partition coefficient (Wildman–Crippen LogP) is 1.92. The summed E-state index contributed by atoms with van der Waals surface area (Å²) in [6.45, 7) is 0. The van der Waals surface area contributed by atoms with Crippen molar-refractivity contribution < 1.29 is 9.31 Å². The topological polar surface area (TPSA) is 69.2 Å². The third-order valence-electron chi connectivity index (χ3n) is 1.26. The van der Waals surface area contributed by atoms with E-state index in [1.54, 1.807) is 22.6 Å². The first kappa shape index (κ1) is 9.17. The smallest absolute Gasteiger partial charge is 0.305 e. The highest BCUT2D eigenvalue weighted by Gasteiger charge is 2.15. The Labute approximate surface area is 80.9 Å². The second-order valence-corrected chi connectivity index (χ2v) is 3.24. The van der Waals surface area contributed by atoms with Gasteiger partial charge in [0.25, 0.3) is 0 Å². The van der Waals surface area contributed by atoms with E-state index in [4.69, 9.17) is 5.73 Å². The van der Waals surface area contributed by atoms with Crippen molar-refractivity contribution in [1.82, 2.24) is 0 Å². The minimum atomic E-state index is -0.905. The molecule has 0 bridgehead atoms. The van der Waals surface area contributed by atoms with Crippen LogP contribution in [0.2, 0.25) is 0 Å². The fraction of sp³-hybridized carbons (Fsp3) is 0.